The highest BCUT2D eigenvalue weighted by Gasteiger charge is 2.54. The predicted molar refractivity (Wildman–Crippen MR) is 150 cm³/mol. The number of nitrogens with zero attached hydrogens (tertiary/aromatic N) is 3. The molecule has 3 aliphatic rings. The van der Waals surface area contributed by atoms with Gasteiger partial charge in [-0.15, -0.1) is 0 Å². The summed E-state index contributed by atoms with van der Waals surface area (Å²) in [4.78, 5) is 11.7. The van der Waals surface area contributed by atoms with Gasteiger partial charge in [-0.2, -0.15) is 26.3 Å². The summed E-state index contributed by atoms with van der Waals surface area (Å²) in [6.45, 7) is 0. The molecule has 226 valence electrons. The third-order valence-electron chi connectivity index (χ3n) is 9.80. The third kappa shape index (κ3) is 6.10. The molecule has 0 amide bonds. The molecule has 42 heavy (non-hydrogen) atoms. The molecule has 2 aromatic carbocycles. The second-order valence-electron chi connectivity index (χ2n) is 12.8. The van der Waals surface area contributed by atoms with Crippen LogP contribution in [0.5, 0.6) is 0 Å². The van der Waals surface area contributed by atoms with Crippen molar-refractivity contribution >= 4 is 16.7 Å². The highest BCUT2D eigenvalue weighted by molar-refractivity contribution is 5.89. The van der Waals surface area contributed by atoms with E-state index in [4.69, 9.17) is 9.97 Å². The minimum absolute atomic E-state index is 0.0768. The maximum atomic E-state index is 13.5. The number of alkyl halides is 6. The molecule has 1 spiro atoms. The molecule has 3 aromatic rings. The molecule has 6 rings (SSSR count). The second-order valence-corrected chi connectivity index (χ2v) is 12.8. The number of benzene rings is 2. The Morgan fingerprint density at radius 2 is 1.67 bits per heavy atom. The van der Waals surface area contributed by atoms with E-state index in [1.165, 1.54) is 19.3 Å². The van der Waals surface area contributed by atoms with Gasteiger partial charge in [0.15, 0.2) is 0 Å². The number of rotatable bonds is 8. The Bertz CT molecular complexity index is 1440. The lowest BCUT2D eigenvalue weighted by molar-refractivity contribution is -0.143. The maximum absolute atomic E-state index is 13.5. The van der Waals surface area contributed by atoms with Crippen molar-refractivity contribution in [2.45, 2.75) is 82.2 Å². The third-order valence-corrected chi connectivity index (χ3v) is 9.80. The Hall–Kier alpha value is -2.88. The quantitative estimate of drug-likeness (QED) is 0.215. The molecular weight excluding hydrogens is 554 g/mol. The van der Waals surface area contributed by atoms with E-state index in [-0.39, 0.29) is 30.1 Å². The van der Waals surface area contributed by atoms with Crippen molar-refractivity contribution < 1.29 is 26.3 Å². The smallest absolute Gasteiger partial charge is 0.362 e. The SMILES string of the molecule is CN(C)c1nc(CC[C@H]2CC23CCC(CC2NC2Cc2ccc(C(F)(F)F)cc2C(F)(F)F)CC3)nc2ccccc12. The van der Waals surface area contributed by atoms with E-state index in [2.05, 4.69) is 11.4 Å². The van der Waals surface area contributed by atoms with Crippen molar-refractivity contribution in [1.29, 1.82) is 0 Å². The molecule has 2 heterocycles. The number of fused-ring (bicyclic) bond motifs is 1. The minimum atomic E-state index is -4.82. The van der Waals surface area contributed by atoms with Gasteiger partial charge in [-0.3, -0.25) is 0 Å². The first-order valence-electron chi connectivity index (χ1n) is 14.8. The zero-order chi connectivity index (χ0) is 29.9. The fraction of sp³-hybridized carbons (Fsp3) is 0.562. The summed E-state index contributed by atoms with van der Waals surface area (Å²) in [5.41, 5.74) is -1.15. The van der Waals surface area contributed by atoms with Crippen LogP contribution in [-0.4, -0.2) is 36.1 Å². The number of hydrogen-bond acceptors (Lipinski definition) is 4. The molecule has 2 saturated carbocycles. The first-order chi connectivity index (χ1) is 19.8. The first-order valence-corrected chi connectivity index (χ1v) is 14.8. The number of halogens is 6. The number of anilines is 1. The summed E-state index contributed by atoms with van der Waals surface area (Å²) in [6, 6.07) is 10.1. The Morgan fingerprint density at radius 1 is 0.929 bits per heavy atom. The van der Waals surface area contributed by atoms with Gasteiger partial charge in [0.1, 0.15) is 11.6 Å². The first kappa shape index (κ1) is 29.2. The van der Waals surface area contributed by atoms with Crippen molar-refractivity contribution in [3.63, 3.8) is 0 Å². The highest BCUT2D eigenvalue weighted by Crippen LogP contribution is 2.64. The molecule has 1 aromatic heterocycles. The van der Waals surface area contributed by atoms with Crippen LogP contribution >= 0.6 is 0 Å². The Balaban J connectivity index is 0.988. The molecule has 1 saturated heterocycles. The summed E-state index contributed by atoms with van der Waals surface area (Å²) in [5.74, 6) is 3.05. The van der Waals surface area contributed by atoms with E-state index in [1.54, 1.807) is 0 Å². The largest absolute Gasteiger partial charge is 0.416 e. The van der Waals surface area contributed by atoms with Crippen LogP contribution in [0.15, 0.2) is 42.5 Å². The van der Waals surface area contributed by atoms with E-state index in [1.807, 2.05) is 37.2 Å². The molecule has 0 radical (unpaired) electrons. The number of nitrogens with one attached hydrogen (secondary N) is 1. The lowest BCUT2D eigenvalue weighted by Gasteiger charge is -2.29. The number of para-hydroxylation sites is 1. The van der Waals surface area contributed by atoms with Gasteiger partial charge in [0, 0.05) is 38.0 Å². The molecule has 10 heteroatoms. The molecule has 3 fully saturated rings. The van der Waals surface area contributed by atoms with Crippen molar-refractivity contribution in [3.05, 3.63) is 65.0 Å². The molecule has 1 aliphatic heterocycles. The van der Waals surface area contributed by atoms with E-state index < -0.39 is 23.5 Å². The second kappa shape index (κ2) is 10.7. The molecular formula is C32H36F6N4. The summed E-state index contributed by atoms with van der Waals surface area (Å²) in [7, 11) is 4.00. The van der Waals surface area contributed by atoms with Gasteiger partial charge in [-0.25, -0.2) is 9.97 Å². The number of hydrogen-bond donors (Lipinski definition) is 1. The van der Waals surface area contributed by atoms with Crippen LogP contribution in [0.25, 0.3) is 10.9 Å². The van der Waals surface area contributed by atoms with E-state index in [0.29, 0.717) is 17.3 Å². The normalized spacial score (nSPS) is 27.4. The standard InChI is InChI=1S/C32H36F6N4/c1-42(2)29-23-5-3-4-6-25(23)40-28(41-29)10-9-22-18-30(22)13-11-19(12-14-30)15-26-27(39-26)16-20-7-8-21(31(33,34)35)17-24(20)32(36,37)38/h3-8,17,19,22,26-27,39H,9-16,18H2,1-2H3/t19?,22-,26?,27?,30?/m0/s1. The zero-order valence-corrected chi connectivity index (χ0v) is 23.8. The summed E-state index contributed by atoms with van der Waals surface area (Å²) >= 11 is 0. The van der Waals surface area contributed by atoms with Crippen molar-refractivity contribution in [2.24, 2.45) is 17.3 Å². The van der Waals surface area contributed by atoms with Gasteiger partial charge >= 0.3 is 12.4 Å². The van der Waals surface area contributed by atoms with Crippen LogP contribution in [0.1, 0.15) is 67.5 Å². The number of aryl methyl sites for hydroxylation is 1. The van der Waals surface area contributed by atoms with Gasteiger partial charge in [-0.05, 0) is 98.4 Å². The molecule has 2 aliphatic carbocycles. The average molecular weight is 591 g/mol. The van der Waals surface area contributed by atoms with Gasteiger partial charge in [0.25, 0.3) is 0 Å². The Kier molecular flexibility index (Phi) is 7.43. The minimum Gasteiger partial charge on any atom is -0.362 e. The van der Waals surface area contributed by atoms with Crippen molar-refractivity contribution in [2.75, 3.05) is 19.0 Å². The summed E-state index contributed by atoms with van der Waals surface area (Å²) in [6.07, 6.45) is -0.862. The lowest BCUT2D eigenvalue weighted by atomic mass is 9.76. The predicted octanol–water partition coefficient (Wildman–Crippen LogP) is 7.84. The fourth-order valence-corrected chi connectivity index (χ4v) is 7.25. The summed E-state index contributed by atoms with van der Waals surface area (Å²) in [5, 5.41) is 4.35. The van der Waals surface area contributed by atoms with Gasteiger partial charge in [-0.1, -0.05) is 18.2 Å². The maximum Gasteiger partial charge on any atom is 0.416 e. The van der Waals surface area contributed by atoms with Crippen LogP contribution in [0.2, 0.25) is 0 Å². The van der Waals surface area contributed by atoms with E-state index in [0.717, 1.165) is 66.8 Å². The monoisotopic (exact) mass is 590 g/mol. The molecule has 4 nitrogen and oxygen atoms in total. The van der Waals surface area contributed by atoms with Crippen molar-refractivity contribution in [1.82, 2.24) is 15.3 Å². The zero-order valence-electron chi connectivity index (χ0n) is 23.8. The van der Waals surface area contributed by atoms with Crippen LogP contribution in [0.4, 0.5) is 32.2 Å². The van der Waals surface area contributed by atoms with Gasteiger partial charge < -0.3 is 10.2 Å². The molecule has 3 atom stereocenters. The van der Waals surface area contributed by atoms with E-state index in [9.17, 15) is 26.3 Å². The molecule has 0 bridgehead atoms. The fourth-order valence-electron chi connectivity index (χ4n) is 7.25. The van der Waals surface area contributed by atoms with Crippen LogP contribution < -0.4 is 10.2 Å². The Labute approximate surface area is 241 Å². The van der Waals surface area contributed by atoms with Crippen LogP contribution in [0, 0.1) is 17.3 Å². The molecule has 1 N–H and O–H groups in total. The van der Waals surface area contributed by atoms with Crippen molar-refractivity contribution in [3.8, 4) is 0 Å². The average Bonchev–Trinajstić information content (AvgIpc) is 3.83. The highest BCUT2D eigenvalue weighted by atomic mass is 19.4. The van der Waals surface area contributed by atoms with Crippen LogP contribution in [-0.2, 0) is 25.2 Å². The summed E-state index contributed by atoms with van der Waals surface area (Å²) < 4.78 is 79.6. The molecule has 2 unspecified atom stereocenters. The Morgan fingerprint density at radius 3 is 2.36 bits per heavy atom. The van der Waals surface area contributed by atoms with E-state index >= 15 is 0 Å². The van der Waals surface area contributed by atoms with Crippen LogP contribution in [0.3, 0.4) is 0 Å². The number of aromatic nitrogens is 2. The topological polar surface area (TPSA) is 51.0 Å². The van der Waals surface area contributed by atoms with Gasteiger partial charge in [0.05, 0.1) is 16.6 Å². The van der Waals surface area contributed by atoms with Gasteiger partial charge in [0.2, 0.25) is 0 Å². The lowest BCUT2D eigenvalue weighted by Crippen LogP contribution is -2.19.